The summed E-state index contributed by atoms with van der Waals surface area (Å²) in [4.78, 5) is 25.0. The van der Waals surface area contributed by atoms with Gasteiger partial charge in [0.15, 0.2) is 21.7 Å². The molecule has 512 valence electrons. The monoisotopic (exact) mass is 1430 g/mol. The quantitative estimate of drug-likeness (QED) is 0.0182. The molecule has 0 saturated heterocycles. The van der Waals surface area contributed by atoms with Crippen LogP contribution in [0.1, 0.15) is 88.6 Å². The molecule has 99 heavy (non-hydrogen) atoms. The molecule has 10 rings (SSSR count). The summed E-state index contributed by atoms with van der Waals surface area (Å²) in [6, 6.07) is 77.1. The normalized spacial score (nSPS) is 12.5. The number of carbonyl (C=O) groups excluding carboxylic acids is 2. The maximum absolute atomic E-state index is 16.4. The summed E-state index contributed by atoms with van der Waals surface area (Å²) < 4.78 is 193. The van der Waals surface area contributed by atoms with E-state index < -0.39 is 106 Å². The van der Waals surface area contributed by atoms with Gasteiger partial charge in [-0.3, -0.25) is 0 Å². The van der Waals surface area contributed by atoms with Crippen LogP contribution in [0, 0.1) is 13.8 Å². The van der Waals surface area contributed by atoms with Crippen molar-refractivity contribution in [2.75, 3.05) is 26.4 Å². The summed E-state index contributed by atoms with van der Waals surface area (Å²) in [5, 5.41) is -8.38. The fraction of sp³-hybridized carbons (Fsp3) is 0.173. The van der Waals surface area contributed by atoms with Crippen molar-refractivity contribution in [2.24, 2.45) is 0 Å². The maximum atomic E-state index is 16.4. The van der Waals surface area contributed by atoms with Gasteiger partial charge in [0.25, 0.3) is 15.1 Å². The Labute approximate surface area is 593 Å². The first-order valence-electron chi connectivity index (χ1n) is 29.8. The Morgan fingerprint density at radius 1 is 0.374 bits per heavy atom. The van der Waals surface area contributed by atoms with E-state index in [1.807, 2.05) is 6.92 Å². The number of benzene rings is 10. The summed E-state index contributed by atoms with van der Waals surface area (Å²) in [5.41, 5.74) is -1.53. The van der Waals surface area contributed by atoms with Crippen molar-refractivity contribution >= 4 is 42.3 Å². The molecule has 0 amide bonds. The van der Waals surface area contributed by atoms with E-state index in [1.165, 1.54) is 84.9 Å². The van der Waals surface area contributed by atoms with E-state index in [1.54, 1.807) is 213 Å². The van der Waals surface area contributed by atoms with Crippen LogP contribution in [0.5, 0.6) is 0 Å². The first-order valence-corrected chi connectivity index (χ1v) is 33.9. The number of alkyl halides is 7. The van der Waals surface area contributed by atoms with Gasteiger partial charge < -0.3 is 32.8 Å². The zero-order valence-corrected chi connectivity index (χ0v) is 57.9. The number of ether oxygens (including phenoxy) is 4. The van der Waals surface area contributed by atoms with Crippen molar-refractivity contribution in [1.29, 1.82) is 0 Å². The molecule has 1 N–H and O–H groups in total. The minimum atomic E-state index is -5.67. The van der Waals surface area contributed by atoms with Gasteiger partial charge in [-0.05, 0) is 93.3 Å². The molecule has 2 unspecified atom stereocenters. The second-order valence-electron chi connectivity index (χ2n) is 21.9. The van der Waals surface area contributed by atoms with Crippen LogP contribution >= 0.6 is 0 Å². The summed E-state index contributed by atoms with van der Waals surface area (Å²) in [5.74, 6) is -1.31. The van der Waals surface area contributed by atoms with Crippen molar-refractivity contribution < 1.29 is 120 Å². The van der Waals surface area contributed by atoms with Crippen LogP contribution < -0.4 is 29.6 Å². The van der Waals surface area contributed by atoms with Crippen LogP contribution in [0.3, 0.4) is 0 Å². The summed E-state index contributed by atoms with van der Waals surface area (Å²) in [7, 11) is -14.7. The zero-order valence-electron chi connectivity index (χ0n) is 53.4. The minimum Gasteiger partial charge on any atom is -0.870 e. The third-order valence-electron chi connectivity index (χ3n) is 15.3. The molecule has 0 aliphatic heterocycles. The SMILES string of the molecule is Cc1ccc(C(c2ccccc2)(c2ccccc2)S(=O)(=O)C(F)(F)COCC(OC(=O)c2ccccc2)c2ccccc2)cc1.Cc1ccc(C(c2ccccc2)(c2ccccc2)S(=O)(=O)C(F)(F)F)cc1.O=C(OC(COCC(F)(F)[S-](=O)=O)c1ccccc1)c1ccccc1.[Na+].[OH-]. The smallest absolute Gasteiger partial charge is 0.870 e. The number of sulfone groups is 2. The Morgan fingerprint density at radius 2 is 0.626 bits per heavy atom. The van der Waals surface area contributed by atoms with Crippen molar-refractivity contribution in [3.05, 3.63) is 358 Å². The molecule has 0 fully saturated rings. The second kappa shape index (κ2) is 35.4. The van der Waals surface area contributed by atoms with Gasteiger partial charge in [-0.15, -0.1) is 0 Å². The Hall–Kier alpha value is -8.62. The first-order chi connectivity index (χ1) is 46.3. The van der Waals surface area contributed by atoms with E-state index in [9.17, 15) is 56.8 Å². The van der Waals surface area contributed by atoms with Gasteiger partial charge in [0.1, 0.15) is 6.61 Å². The van der Waals surface area contributed by atoms with E-state index in [0.29, 0.717) is 16.7 Å². The fourth-order valence-corrected chi connectivity index (χ4v) is 14.5. The Balaban J connectivity index is 0.000000247. The molecule has 0 saturated carbocycles. The van der Waals surface area contributed by atoms with E-state index in [2.05, 4.69) is 0 Å². The Morgan fingerprint density at radius 3 is 0.909 bits per heavy atom. The maximum Gasteiger partial charge on any atom is 1.00 e. The van der Waals surface area contributed by atoms with Crippen LogP contribution in [0.2, 0.25) is 0 Å². The number of carbonyl (C=O) groups is 2. The fourth-order valence-electron chi connectivity index (χ4n) is 10.6. The van der Waals surface area contributed by atoms with Gasteiger partial charge in [-0.2, -0.15) is 22.0 Å². The van der Waals surface area contributed by atoms with Crippen LogP contribution in [-0.4, -0.2) is 76.7 Å². The molecule has 0 aromatic heterocycles. The number of halogens is 7. The number of esters is 2. The molecule has 0 aliphatic carbocycles. The number of hydrogen-bond donors (Lipinski definition) is 0. The molecule has 10 aromatic carbocycles. The third-order valence-corrected chi connectivity index (χ3v) is 20.5. The summed E-state index contributed by atoms with van der Waals surface area (Å²) >= 11 is 0. The molecule has 0 spiro atoms. The summed E-state index contributed by atoms with van der Waals surface area (Å²) in [6.45, 7) is -0.0720. The van der Waals surface area contributed by atoms with Gasteiger partial charge in [-0.1, -0.05) is 278 Å². The van der Waals surface area contributed by atoms with E-state index in [4.69, 9.17) is 18.9 Å². The van der Waals surface area contributed by atoms with Crippen molar-refractivity contribution in [3.8, 4) is 0 Å². The van der Waals surface area contributed by atoms with Crippen molar-refractivity contribution in [1.82, 2.24) is 0 Å². The standard InChI is InChI=1S/C37H32F2O5S.C21H17F3O2S.C17H15F2O5S.Na.H2O/c1-28-22-24-33(25-23-28)37(31-18-10-4-11-19-31,32-20-12-5-13-21-32)45(41,42)36(38,39)27-43-26-34(29-14-6-2-7-15-29)44-35(40)30-16-8-3-9-17-30;1-16-12-14-19(15-13-16)20(17-8-4-2-5-9-17,18-10-6-3-7-11-18)27(25,26)21(22,23)24;18-17(19,25(21)22)12-23-11-15(13-7-3-1-4-8-13)24-16(20)14-9-5-2-6-10-14;;/h2-25,34H,26-27H2,1H3;2-15H,1H3;1-10,15H,11-12H2;;1H2/q;;-1;+1;/p-1. The molecule has 0 radical (unpaired) electrons. The predicted octanol–water partition coefficient (Wildman–Crippen LogP) is 13.5. The van der Waals surface area contributed by atoms with E-state index in [-0.39, 0.29) is 74.0 Å². The average Bonchev–Trinajstić information content (AvgIpc) is 0.713. The van der Waals surface area contributed by atoms with E-state index >= 15 is 8.78 Å². The molecular formula is C75H65F7NaO13S3-. The largest absolute Gasteiger partial charge is 1.00 e. The molecule has 24 heteroatoms. The van der Waals surface area contributed by atoms with Crippen LogP contribution in [0.15, 0.2) is 291 Å². The van der Waals surface area contributed by atoms with Crippen LogP contribution in [0.25, 0.3) is 0 Å². The van der Waals surface area contributed by atoms with Gasteiger partial charge in [-0.25, -0.2) is 35.2 Å². The Kier molecular flexibility index (Phi) is 28.4. The molecule has 0 heterocycles. The third kappa shape index (κ3) is 18.6. The molecule has 13 nitrogen and oxygen atoms in total. The molecular weight excluding hydrogens is 1360 g/mol. The van der Waals surface area contributed by atoms with Crippen molar-refractivity contribution in [2.45, 2.75) is 51.6 Å². The van der Waals surface area contributed by atoms with Crippen LogP contribution in [0.4, 0.5) is 30.7 Å². The molecule has 10 aromatic rings. The Bertz CT molecular complexity index is 4380. The van der Waals surface area contributed by atoms with E-state index in [0.717, 1.165) is 11.1 Å². The number of aryl methyl sites for hydroxylation is 2. The second-order valence-corrected chi connectivity index (χ2v) is 27.3. The first kappa shape index (κ1) is 79.4. The summed E-state index contributed by atoms with van der Waals surface area (Å²) in [6.07, 6.45) is -2.02. The minimum absolute atomic E-state index is 0. The van der Waals surface area contributed by atoms with Gasteiger partial charge in [0.05, 0.1) is 30.9 Å². The molecule has 0 bridgehead atoms. The van der Waals surface area contributed by atoms with Crippen molar-refractivity contribution in [3.63, 3.8) is 0 Å². The van der Waals surface area contributed by atoms with Gasteiger partial charge in [0, 0.05) is 0 Å². The molecule has 0 aliphatic rings. The average molecular weight is 1430 g/mol. The predicted molar refractivity (Wildman–Crippen MR) is 356 cm³/mol. The zero-order chi connectivity index (χ0) is 69.9. The van der Waals surface area contributed by atoms with Gasteiger partial charge >= 0.3 is 52.3 Å². The molecule has 2 atom stereocenters. The number of rotatable bonds is 24. The number of hydrogen-bond acceptors (Lipinski definition) is 14. The topological polar surface area (TPSA) is 203 Å². The van der Waals surface area contributed by atoms with Crippen LogP contribution in [-0.2, 0) is 67.2 Å². The van der Waals surface area contributed by atoms with Gasteiger partial charge in [0.2, 0.25) is 9.84 Å².